The molecule has 0 bridgehead atoms. The van der Waals surface area contributed by atoms with Crippen LogP contribution in [0.3, 0.4) is 0 Å². The first-order chi connectivity index (χ1) is 7.63. The van der Waals surface area contributed by atoms with E-state index < -0.39 is 0 Å². The van der Waals surface area contributed by atoms with Crippen molar-refractivity contribution >= 4 is 5.97 Å². The summed E-state index contributed by atoms with van der Waals surface area (Å²) in [5.41, 5.74) is 0. The van der Waals surface area contributed by atoms with Crippen LogP contribution in [0.15, 0.2) is 12.2 Å². The maximum Gasteiger partial charge on any atom is 0.306 e. The van der Waals surface area contributed by atoms with Crippen LogP contribution in [-0.4, -0.2) is 23.3 Å². The molecule has 0 amide bonds. The van der Waals surface area contributed by atoms with E-state index in [0.29, 0.717) is 18.8 Å². The number of carbonyl (C=O) groups excluding carboxylic acids is 1. The molecule has 1 heterocycles. The van der Waals surface area contributed by atoms with E-state index in [0.717, 1.165) is 19.3 Å². The average molecular weight is 226 g/mol. The molecule has 0 unspecified atom stereocenters. The third kappa shape index (κ3) is 4.35. The van der Waals surface area contributed by atoms with Crippen molar-refractivity contribution in [3.05, 3.63) is 12.2 Å². The van der Waals surface area contributed by atoms with E-state index in [9.17, 15) is 9.90 Å². The third-order valence-electron chi connectivity index (χ3n) is 2.97. The second kappa shape index (κ2) is 6.69. The number of aliphatic hydroxyl groups is 1. The Kier molecular flexibility index (Phi) is 5.53. The van der Waals surface area contributed by atoms with Gasteiger partial charge in [0.05, 0.1) is 12.5 Å². The van der Waals surface area contributed by atoms with Gasteiger partial charge in [0.25, 0.3) is 0 Å². The van der Waals surface area contributed by atoms with Gasteiger partial charge in [0, 0.05) is 12.3 Å². The summed E-state index contributed by atoms with van der Waals surface area (Å²) in [7, 11) is 0. The Bertz CT molecular complexity index is 248. The van der Waals surface area contributed by atoms with Crippen molar-refractivity contribution in [3.8, 4) is 0 Å². The van der Waals surface area contributed by atoms with Gasteiger partial charge in [-0.1, -0.05) is 32.4 Å². The normalized spacial score (nSPS) is 27.3. The molecule has 0 aromatic heterocycles. The molecule has 1 N–H and O–H groups in total. The molecule has 1 fully saturated rings. The van der Waals surface area contributed by atoms with E-state index >= 15 is 0 Å². The molecule has 3 atom stereocenters. The van der Waals surface area contributed by atoms with Crippen LogP contribution in [0, 0.1) is 5.92 Å². The Hall–Kier alpha value is -0.830. The van der Waals surface area contributed by atoms with Gasteiger partial charge in [0.15, 0.2) is 0 Å². The van der Waals surface area contributed by atoms with Crippen LogP contribution in [0.2, 0.25) is 0 Å². The maximum absolute atomic E-state index is 11.0. The number of hydrogen-bond acceptors (Lipinski definition) is 3. The van der Waals surface area contributed by atoms with E-state index in [2.05, 4.69) is 6.92 Å². The predicted octanol–water partition coefficient (Wildman–Crippen LogP) is 2.44. The van der Waals surface area contributed by atoms with Crippen molar-refractivity contribution in [2.24, 2.45) is 5.92 Å². The molecule has 1 aliphatic rings. The third-order valence-corrected chi connectivity index (χ3v) is 2.97. The molecule has 0 radical (unpaired) electrons. The number of ether oxygens (including phenoxy) is 1. The van der Waals surface area contributed by atoms with Gasteiger partial charge in [-0.25, -0.2) is 0 Å². The molecule has 0 spiro atoms. The quantitative estimate of drug-likeness (QED) is 0.559. The molecule has 0 aliphatic carbocycles. The van der Waals surface area contributed by atoms with Crippen molar-refractivity contribution in [1.29, 1.82) is 0 Å². The van der Waals surface area contributed by atoms with E-state index in [-0.39, 0.29) is 18.2 Å². The van der Waals surface area contributed by atoms with E-state index in [1.807, 2.05) is 19.1 Å². The first kappa shape index (κ1) is 13.2. The fourth-order valence-electron chi connectivity index (χ4n) is 1.94. The summed E-state index contributed by atoms with van der Waals surface area (Å²) in [6.07, 6.45) is 7.66. The maximum atomic E-state index is 11.0. The van der Waals surface area contributed by atoms with Crippen molar-refractivity contribution in [2.45, 2.75) is 58.2 Å². The summed E-state index contributed by atoms with van der Waals surface area (Å²) >= 11 is 0. The van der Waals surface area contributed by atoms with Crippen molar-refractivity contribution < 1.29 is 14.6 Å². The Morgan fingerprint density at radius 1 is 1.56 bits per heavy atom. The highest BCUT2D eigenvalue weighted by molar-refractivity contribution is 5.72. The molecule has 0 saturated carbocycles. The minimum Gasteiger partial charge on any atom is -0.462 e. The van der Waals surface area contributed by atoms with Gasteiger partial charge in [-0.15, -0.1) is 0 Å². The molecular formula is C13H22O3. The smallest absolute Gasteiger partial charge is 0.306 e. The number of hydrogen-bond donors (Lipinski definition) is 1. The van der Waals surface area contributed by atoms with Gasteiger partial charge >= 0.3 is 5.97 Å². The molecule has 92 valence electrons. The molecule has 0 aromatic rings. The zero-order chi connectivity index (χ0) is 12.0. The minimum absolute atomic E-state index is 0.0343. The summed E-state index contributed by atoms with van der Waals surface area (Å²) in [5.74, 6) is 0.231. The van der Waals surface area contributed by atoms with Gasteiger partial charge in [0.1, 0.15) is 6.10 Å². The average Bonchev–Trinajstić information content (AvgIpc) is 2.53. The number of rotatable bonds is 6. The van der Waals surface area contributed by atoms with Crippen molar-refractivity contribution in [1.82, 2.24) is 0 Å². The SMILES string of the molecule is CCC[C@H](O)C/C=C\C[C@@H]1OC(=O)C[C@H]1C. The van der Waals surface area contributed by atoms with Crippen LogP contribution in [0.4, 0.5) is 0 Å². The van der Waals surface area contributed by atoms with E-state index in [4.69, 9.17) is 4.74 Å². The van der Waals surface area contributed by atoms with E-state index in [1.165, 1.54) is 0 Å². The molecule has 1 saturated heterocycles. The van der Waals surface area contributed by atoms with E-state index in [1.54, 1.807) is 0 Å². The minimum atomic E-state index is -0.232. The molecule has 16 heavy (non-hydrogen) atoms. The highest BCUT2D eigenvalue weighted by atomic mass is 16.5. The Balaban J connectivity index is 2.19. The summed E-state index contributed by atoms with van der Waals surface area (Å²) in [5, 5.41) is 9.50. The van der Waals surface area contributed by atoms with Gasteiger partial charge in [-0.2, -0.15) is 0 Å². The second-order valence-electron chi connectivity index (χ2n) is 4.60. The standard InChI is InChI=1S/C13H22O3/c1-3-6-11(14)7-4-5-8-12-10(2)9-13(15)16-12/h4-5,10-12,14H,3,6-9H2,1-2H3/b5-4-/t10-,11+,12+/m1/s1. The lowest BCUT2D eigenvalue weighted by Crippen LogP contribution is -2.12. The largest absolute Gasteiger partial charge is 0.462 e. The monoisotopic (exact) mass is 226 g/mol. The lowest BCUT2D eigenvalue weighted by atomic mass is 10.0. The molecule has 1 aliphatic heterocycles. The van der Waals surface area contributed by atoms with Crippen LogP contribution in [-0.2, 0) is 9.53 Å². The van der Waals surface area contributed by atoms with Crippen LogP contribution in [0.5, 0.6) is 0 Å². The predicted molar refractivity (Wildman–Crippen MR) is 62.9 cm³/mol. The fourth-order valence-corrected chi connectivity index (χ4v) is 1.94. The lowest BCUT2D eigenvalue weighted by molar-refractivity contribution is -0.141. The first-order valence-electron chi connectivity index (χ1n) is 6.16. The van der Waals surface area contributed by atoms with Crippen LogP contribution in [0.25, 0.3) is 0 Å². The molecule has 3 heteroatoms. The zero-order valence-corrected chi connectivity index (χ0v) is 10.2. The number of esters is 1. The van der Waals surface area contributed by atoms with Gasteiger partial charge in [-0.3, -0.25) is 4.79 Å². The highest BCUT2D eigenvalue weighted by Gasteiger charge is 2.29. The molecular weight excluding hydrogens is 204 g/mol. The summed E-state index contributed by atoms with van der Waals surface area (Å²) in [6, 6.07) is 0. The number of cyclic esters (lactones) is 1. The summed E-state index contributed by atoms with van der Waals surface area (Å²) in [6.45, 7) is 4.10. The Morgan fingerprint density at radius 3 is 2.88 bits per heavy atom. The number of carbonyl (C=O) groups is 1. The van der Waals surface area contributed by atoms with Crippen molar-refractivity contribution in [2.75, 3.05) is 0 Å². The molecule has 0 aromatic carbocycles. The zero-order valence-electron chi connectivity index (χ0n) is 10.2. The van der Waals surface area contributed by atoms with Crippen molar-refractivity contribution in [3.63, 3.8) is 0 Å². The van der Waals surface area contributed by atoms with Crippen LogP contribution < -0.4 is 0 Å². The molecule has 3 nitrogen and oxygen atoms in total. The van der Waals surface area contributed by atoms with Crippen LogP contribution >= 0.6 is 0 Å². The van der Waals surface area contributed by atoms with Gasteiger partial charge in [0.2, 0.25) is 0 Å². The fraction of sp³-hybridized carbons (Fsp3) is 0.769. The summed E-state index contributed by atoms with van der Waals surface area (Å²) < 4.78 is 5.18. The lowest BCUT2D eigenvalue weighted by Gasteiger charge is -2.10. The summed E-state index contributed by atoms with van der Waals surface area (Å²) in [4.78, 5) is 11.0. The number of aliphatic hydroxyl groups excluding tert-OH is 1. The van der Waals surface area contributed by atoms with Crippen LogP contribution in [0.1, 0.15) is 46.0 Å². The van der Waals surface area contributed by atoms with Gasteiger partial charge < -0.3 is 9.84 Å². The molecule has 1 rings (SSSR count). The first-order valence-corrected chi connectivity index (χ1v) is 6.16. The Morgan fingerprint density at radius 2 is 2.31 bits per heavy atom. The van der Waals surface area contributed by atoms with Gasteiger partial charge in [-0.05, 0) is 12.8 Å². The Labute approximate surface area is 97.5 Å². The highest BCUT2D eigenvalue weighted by Crippen LogP contribution is 2.24. The topological polar surface area (TPSA) is 46.5 Å². The second-order valence-corrected chi connectivity index (χ2v) is 4.60.